The Hall–Kier alpha value is -0.540. The Labute approximate surface area is 114 Å². The number of hydrogen-bond acceptors (Lipinski definition) is 2. The Bertz CT molecular complexity index is 352. The van der Waals surface area contributed by atoms with Crippen LogP contribution in [0.1, 0.15) is 32.3 Å². The van der Waals surface area contributed by atoms with E-state index in [4.69, 9.17) is 0 Å². The van der Waals surface area contributed by atoms with Gasteiger partial charge in [-0.25, -0.2) is 0 Å². The lowest BCUT2D eigenvalue weighted by atomic mass is 10.1. The SMILES string of the molecule is CCCC(C)N(C)c1ccc(Br)cc1CNC. The molecule has 0 fully saturated rings. The highest BCUT2D eigenvalue weighted by Crippen LogP contribution is 2.26. The van der Waals surface area contributed by atoms with Gasteiger partial charge in [0.1, 0.15) is 0 Å². The Morgan fingerprint density at radius 3 is 2.71 bits per heavy atom. The smallest absolute Gasteiger partial charge is 0.0412 e. The van der Waals surface area contributed by atoms with Crippen molar-refractivity contribution in [3.8, 4) is 0 Å². The first-order valence-electron chi connectivity index (χ1n) is 6.26. The van der Waals surface area contributed by atoms with Crippen molar-refractivity contribution in [3.05, 3.63) is 28.2 Å². The van der Waals surface area contributed by atoms with Crippen LogP contribution in [0.2, 0.25) is 0 Å². The molecule has 1 N–H and O–H groups in total. The monoisotopic (exact) mass is 298 g/mol. The van der Waals surface area contributed by atoms with Gasteiger partial charge in [0.2, 0.25) is 0 Å². The van der Waals surface area contributed by atoms with Gasteiger partial charge >= 0.3 is 0 Å². The van der Waals surface area contributed by atoms with Crippen LogP contribution in [0.15, 0.2) is 22.7 Å². The average molecular weight is 299 g/mol. The molecule has 0 aliphatic heterocycles. The van der Waals surface area contributed by atoms with Crippen molar-refractivity contribution in [2.24, 2.45) is 0 Å². The number of anilines is 1. The third kappa shape index (κ3) is 4.00. The van der Waals surface area contributed by atoms with E-state index in [1.807, 2.05) is 7.05 Å². The van der Waals surface area contributed by atoms with Gasteiger partial charge in [-0.2, -0.15) is 0 Å². The molecule has 96 valence electrons. The van der Waals surface area contributed by atoms with Crippen LogP contribution in [-0.4, -0.2) is 20.1 Å². The van der Waals surface area contributed by atoms with E-state index >= 15 is 0 Å². The highest BCUT2D eigenvalue weighted by Gasteiger charge is 2.12. The highest BCUT2D eigenvalue weighted by molar-refractivity contribution is 9.10. The van der Waals surface area contributed by atoms with Crippen LogP contribution in [0.5, 0.6) is 0 Å². The zero-order chi connectivity index (χ0) is 12.8. The maximum Gasteiger partial charge on any atom is 0.0412 e. The molecule has 0 heterocycles. The quantitative estimate of drug-likeness (QED) is 0.859. The Balaban J connectivity index is 2.94. The van der Waals surface area contributed by atoms with E-state index in [1.165, 1.54) is 24.1 Å². The van der Waals surface area contributed by atoms with Crippen LogP contribution in [-0.2, 0) is 6.54 Å². The normalized spacial score (nSPS) is 12.5. The molecule has 0 aliphatic carbocycles. The summed E-state index contributed by atoms with van der Waals surface area (Å²) in [6, 6.07) is 7.09. The molecule has 3 heteroatoms. The molecule has 1 aromatic carbocycles. The van der Waals surface area contributed by atoms with E-state index in [-0.39, 0.29) is 0 Å². The third-order valence-corrected chi connectivity index (χ3v) is 3.65. The maximum atomic E-state index is 3.54. The fourth-order valence-electron chi connectivity index (χ4n) is 2.08. The van der Waals surface area contributed by atoms with Crippen LogP contribution >= 0.6 is 15.9 Å². The molecule has 0 radical (unpaired) electrons. The molecule has 2 nitrogen and oxygen atoms in total. The zero-order valence-corrected chi connectivity index (χ0v) is 12.8. The van der Waals surface area contributed by atoms with Crippen molar-refractivity contribution >= 4 is 21.6 Å². The summed E-state index contributed by atoms with van der Waals surface area (Å²) in [7, 11) is 4.17. The van der Waals surface area contributed by atoms with Crippen molar-refractivity contribution in [3.63, 3.8) is 0 Å². The molecule has 0 aliphatic rings. The fraction of sp³-hybridized carbons (Fsp3) is 0.571. The van der Waals surface area contributed by atoms with Crippen LogP contribution in [0.25, 0.3) is 0 Å². The molecule has 0 bridgehead atoms. The molecule has 1 atom stereocenters. The number of hydrogen-bond donors (Lipinski definition) is 1. The first kappa shape index (κ1) is 14.5. The second-order valence-corrected chi connectivity index (χ2v) is 5.47. The lowest BCUT2D eigenvalue weighted by Crippen LogP contribution is -2.29. The summed E-state index contributed by atoms with van der Waals surface area (Å²) in [5.74, 6) is 0. The maximum absolute atomic E-state index is 3.54. The summed E-state index contributed by atoms with van der Waals surface area (Å²) in [6.45, 7) is 5.42. The standard InChI is InChI=1S/C14H23BrN2/c1-5-6-11(2)17(4)14-8-7-13(15)9-12(14)10-16-3/h7-9,11,16H,5-6,10H2,1-4H3. The number of rotatable bonds is 6. The summed E-state index contributed by atoms with van der Waals surface area (Å²) in [4.78, 5) is 2.38. The minimum absolute atomic E-state index is 0.580. The van der Waals surface area contributed by atoms with E-state index in [2.05, 4.69) is 65.2 Å². The summed E-state index contributed by atoms with van der Waals surface area (Å²) >= 11 is 3.54. The topological polar surface area (TPSA) is 15.3 Å². The van der Waals surface area contributed by atoms with Crippen molar-refractivity contribution in [2.75, 3.05) is 19.0 Å². The first-order chi connectivity index (χ1) is 8.10. The summed E-state index contributed by atoms with van der Waals surface area (Å²) < 4.78 is 1.14. The molecule has 1 aromatic rings. The molecule has 1 rings (SSSR count). The fourth-order valence-corrected chi connectivity index (χ4v) is 2.49. The minimum Gasteiger partial charge on any atom is -0.372 e. The molecule has 1 unspecified atom stereocenters. The lowest BCUT2D eigenvalue weighted by Gasteiger charge is -2.29. The minimum atomic E-state index is 0.580. The number of halogens is 1. The lowest BCUT2D eigenvalue weighted by molar-refractivity contribution is 0.613. The van der Waals surface area contributed by atoms with Gasteiger partial charge in [0.15, 0.2) is 0 Å². The Morgan fingerprint density at radius 1 is 1.41 bits per heavy atom. The van der Waals surface area contributed by atoms with Crippen LogP contribution in [0.3, 0.4) is 0 Å². The molecule has 0 aromatic heterocycles. The predicted octanol–water partition coefficient (Wildman–Crippen LogP) is 3.79. The molecule has 0 saturated carbocycles. The average Bonchev–Trinajstić information content (AvgIpc) is 2.29. The van der Waals surface area contributed by atoms with E-state index in [9.17, 15) is 0 Å². The van der Waals surface area contributed by atoms with Crippen LogP contribution in [0, 0.1) is 0 Å². The highest BCUT2D eigenvalue weighted by atomic mass is 79.9. The molecular formula is C14H23BrN2. The van der Waals surface area contributed by atoms with E-state index in [0.717, 1.165) is 11.0 Å². The van der Waals surface area contributed by atoms with E-state index in [0.29, 0.717) is 6.04 Å². The van der Waals surface area contributed by atoms with Gasteiger partial charge in [-0.05, 0) is 44.2 Å². The van der Waals surface area contributed by atoms with Crippen molar-refractivity contribution in [1.29, 1.82) is 0 Å². The molecule has 17 heavy (non-hydrogen) atoms. The second-order valence-electron chi connectivity index (χ2n) is 4.55. The summed E-state index contributed by atoms with van der Waals surface area (Å²) in [5.41, 5.74) is 2.66. The Kier molecular flexibility index (Phi) is 6.00. The van der Waals surface area contributed by atoms with E-state index < -0.39 is 0 Å². The van der Waals surface area contributed by atoms with Crippen molar-refractivity contribution < 1.29 is 0 Å². The first-order valence-corrected chi connectivity index (χ1v) is 7.05. The van der Waals surface area contributed by atoms with Gasteiger partial charge in [0.05, 0.1) is 0 Å². The van der Waals surface area contributed by atoms with Crippen molar-refractivity contribution in [1.82, 2.24) is 5.32 Å². The van der Waals surface area contributed by atoms with Gasteiger partial charge in [-0.3, -0.25) is 0 Å². The predicted molar refractivity (Wildman–Crippen MR) is 79.7 cm³/mol. The van der Waals surface area contributed by atoms with E-state index in [1.54, 1.807) is 0 Å². The van der Waals surface area contributed by atoms with Gasteiger partial charge in [-0.15, -0.1) is 0 Å². The van der Waals surface area contributed by atoms with Gasteiger partial charge in [0, 0.05) is 29.8 Å². The van der Waals surface area contributed by atoms with Crippen LogP contribution in [0.4, 0.5) is 5.69 Å². The van der Waals surface area contributed by atoms with Crippen molar-refractivity contribution in [2.45, 2.75) is 39.3 Å². The number of nitrogens with zero attached hydrogens (tertiary/aromatic N) is 1. The summed E-state index contributed by atoms with van der Waals surface area (Å²) in [6.07, 6.45) is 2.45. The molecular weight excluding hydrogens is 276 g/mol. The number of benzene rings is 1. The number of nitrogens with one attached hydrogen (secondary N) is 1. The van der Waals surface area contributed by atoms with Gasteiger partial charge < -0.3 is 10.2 Å². The van der Waals surface area contributed by atoms with Crippen LogP contribution < -0.4 is 10.2 Å². The Morgan fingerprint density at radius 2 is 2.12 bits per heavy atom. The van der Waals surface area contributed by atoms with Gasteiger partial charge in [-0.1, -0.05) is 29.3 Å². The molecule has 0 amide bonds. The second kappa shape index (κ2) is 7.02. The largest absolute Gasteiger partial charge is 0.372 e. The molecule has 0 spiro atoms. The van der Waals surface area contributed by atoms with Gasteiger partial charge in [0.25, 0.3) is 0 Å². The third-order valence-electron chi connectivity index (χ3n) is 3.16. The summed E-state index contributed by atoms with van der Waals surface area (Å²) in [5, 5.41) is 3.23. The molecule has 0 saturated heterocycles. The zero-order valence-electron chi connectivity index (χ0n) is 11.3.